The van der Waals surface area contributed by atoms with Gasteiger partial charge >= 0.3 is 5.69 Å². The van der Waals surface area contributed by atoms with Gasteiger partial charge in [0.2, 0.25) is 0 Å². The molecule has 1 aromatic rings. The van der Waals surface area contributed by atoms with Crippen LogP contribution in [0.3, 0.4) is 0 Å². The van der Waals surface area contributed by atoms with Crippen LogP contribution in [0, 0.1) is 10.1 Å². The third kappa shape index (κ3) is 3.16. The normalized spacial score (nSPS) is 10.5. The van der Waals surface area contributed by atoms with Gasteiger partial charge in [0.05, 0.1) is 4.92 Å². The Morgan fingerprint density at radius 3 is 2.76 bits per heavy atom. The zero-order valence-corrected chi connectivity index (χ0v) is 10.4. The van der Waals surface area contributed by atoms with Crippen molar-refractivity contribution >= 4 is 5.69 Å². The second-order valence-electron chi connectivity index (χ2n) is 3.54. The van der Waals surface area contributed by atoms with E-state index in [1.54, 1.807) is 7.05 Å². The van der Waals surface area contributed by atoms with E-state index in [1.807, 2.05) is 13.8 Å². The lowest BCUT2D eigenvalue weighted by atomic mass is 10.3. The number of nitrogens with zero attached hydrogens (tertiary/aromatic N) is 3. The molecule has 0 amide bonds. The van der Waals surface area contributed by atoms with Crippen LogP contribution in [0.15, 0.2) is 0 Å². The Hall–Kier alpha value is -1.63. The second kappa shape index (κ2) is 6.19. The number of aryl methyl sites for hydroxylation is 2. The molecule has 0 saturated carbocycles. The molecule has 1 N–H and O–H groups in total. The van der Waals surface area contributed by atoms with Gasteiger partial charge in [-0.2, -0.15) is 5.10 Å². The van der Waals surface area contributed by atoms with Gasteiger partial charge in [-0.05, 0) is 13.0 Å². The van der Waals surface area contributed by atoms with Crippen molar-refractivity contribution in [1.82, 2.24) is 15.1 Å². The van der Waals surface area contributed by atoms with Crippen LogP contribution in [0.5, 0.6) is 5.88 Å². The lowest BCUT2D eigenvalue weighted by Crippen LogP contribution is -2.21. The third-order valence-corrected chi connectivity index (χ3v) is 2.33. The van der Waals surface area contributed by atoms with Gasteiger partial charge in [0.15, 0.2) is 0 Å². The highest BCUT2D eigenvalue weighted by molar-refractivity contribution is 5.46. The van der Waals surface area contributed by atoms with E-state index in [1.165, 1.54) is 4.68 Å². The summed E-state index contributed by atoms with van der Waals surface area (Å²) in [5.74, 6) is 0.227. The van der Waals surface area contributed by atoms with Gasteiger partial charge in [-0.3, -0.25) is 10.1 Å². The summed E-state index contributed by atoms with van der Waals surface area (Å²) in [5, 5.41) is 18.1. The van der Waals surface area contributed by atoms with Crippen molar-refractivity contribution in [2.45, 2.75) is 20.3 Å². The predicted octanol–water partition coefficient (Wildman–Crippen LogP) is 0.879. The molecule has 0 bridgehead atoms. The number of nitrogens with one attached hydrogen (secondary N) is 1. The van der Waals surface area contributed by atoms with Crippen molar-refractivity contribution in [2.75, 3.05) is 19.7 Å². The molecule has 0 radical (unpaired) electrons. The first-order valence-electron chi connectivity index (χ1n) is 5.65. The highest BCUT2D eigenvalue weighted by atomic mass is 16.6. The summed E-state index contributed by atoms with van der Waals surface area (Å²) in [4.78, 5) is 10.5. The summed E-state index contributed by atoms with van der Waals surface area (Å²) in [5.41, 5.74) is 0.433. The number of ether oxygens (including phenoxy) is 1. The van der Waals surface area contributed by atoms with E-state index in [2.05, 4.69) is 10.4 Å². The molecule has 0 aromatic carbocycles. The van der Waals surface area contributed by atoms with Crippen molar-refractivity contribution in [3.8, 4) is 5.88 Å². The lowest BCUT2D eigenvalue weighted by molar-refractivity contribution is -0.386. The molecule has 7 heteroatoms. The molecule has 1 heterocycles. The maximum atomic E-state index is 11.0. The maximum Gasteiger partial charge on any atom is 0.353 e. The number of hydrogen-bond donors (Lipinski definition) is 1. The van der Waals surface area contributed by atoms with Gasteiger partial charge in [-0.15, -0.1) is 0 Å². The van der Waals surface area contributed by atoms with Gasteiger partial charge < -0.3 is 10.1 Å². The molecule has 0 fully saturated rings. The second-order valence-corrected chi connectivity index (χ2v) is 3.54. The van der Waals surface area contributed by atoms with Crippen molar-refractivity contribution in [1.29, 1.82) is 0 Å². The molecule has 7 nitrogen and oxygen atoms in total. The Morgan fingerprint density at radius 2 is 2.24 bits per heavy atom. The van der Waals surface area contributed by atoms with E-state index in [-0.39, 0.29) is 11.6 Å². The zero-order chi connectivity index (χ0) is 12.8. The Kier molecular flexibility index (Phi) is 4.89. The molecular formula is C10H18N4O3. The van der Waals surface area contributed by atoms with Gasteiger partial charge in [0.25, 0.3) is 5.88 Å². The average molecular weight is 242 g/mol. The summed E-state index contributed by atoms with van der Waals surface area (Å²) in [6.07, 6.45) is 0.515. The Bertz CT molecular complexity index is 389. The monoisotopic (exact) mass is 242 g/mol. The average Bonchev–Trinajstić information content (AvgIpc) is 2.61. The molecule has 1 aromatic heterocycles. The molecule has 0 atom stereocenters. The SMILES string of the molecule is CCNCCOc1c([N+](=O)[O-])c(CC)nn1C. The van der Waals surface area contributed by atoms with E-state index < -0.39 is 4.92 Å². The van der Waals surface area contributed by atoms with Gasteiger partial charge in [-0.25, -0.2) is 4.68 Å². The van der Waals surface area contributed by atoms with Gasteiger partial charge in [0, 0.05) is 13.6 Å². The van der Waals surface area contributed by atoms with E-state index in [9.17, 15) is 10.1 Å². The Labute approximate surface area is 99.9 Å². The Morgan fingerprint density at radius 1 is 1.53 bits per heavy atom. The number of likely N-dealkylation sites (N-methyl/N-ethyl adjacent to an activating group) is 1. The minimum absolute atomic E-state index is 0.0218. The van der Waals surface area contributed by atoms with E-state index in [4.69, 9.17) is 4.74 Å². The van der Waals surface area contributed by atoms with Crippen molar-refractivity contribution in [2.24, 2.45) is 7.05 Å². The first-order chi connectivity index (χ1) is 8.11. The quantitative estimate of drug-likeness (QED) is 0.436. The summed E-state index contributed by atoms with van der Waals surface area (Å²) < 4.78 is 6.83. The first kappa shape index (κ1) is 13.4. The molecule has 0 spiro atoms. The van der Waals surface area contributed by atoms with Crippen molar-refractivity contribution in [3.05, 3.63) is 15.8 Å². The molecular weight excluding hydrogens is 224 g/mol. The number of nitro groups is 1. The molecule has 0 saturated heterocycles. The molecule has 0 aliphatic heterocycles. The highest BCUT2D eigenvalue weighted by Crippen LogP contribution is 2.30. The van der Waals surface area contributed by atoms with E-state index >= 15 is 0 Å². The topological polar surface area (TPSA) is 82.2 Å². The van der Waals surface area contributed by atoms with Crippen LogP contribution < -0.4 is 10.1 Å². The van der Waals surface area contributed by atoms with Crippen LogP contribution in [0.25, 0.3) is 0 Å². The molecule has 17 heavy (non-hydrogen) atoms. The fourth-order valence-electron chi connectivity index (χ4n) is 1.53. The number of hydrogen-bond acceptors (Lipinski definition) is 5. The molecule has 0 unspecified atom stereocenters. The summed E-state index contributed by atoms with van der Waals surface area (Å²) in [6.45, 7) is 5.70. The fourth-order valence-corrected chi connectivity index (χ4v) is 1.53. The number of rotatable bonds is 7. The highest BCUT2D eigenvalue weighted by Gasteiger charge is 2.26. The van der Waals surface area contributed by atoms with Crippen LogP contribution >= 0.6 is 0 Å². The van der Waals surface area contributed by atoms with E-state index in [0.717, 1.165) is 6.54 Å². The first-order valence-corrected chi connectivity index (χ1v) is 5.65. The minimum Gasteiger partial charge on any atom is -0.472 e. The Balaban J connectivity index is 2.82. The molecule has 0 aliphatic carbocycles. The van der Waals surface area contributed by atoms with Gasteiger partial charge in [0.1, 0.15) is 12.3 Å². The molecule has 96 valence electrons. The minimum atomic E-state index is -0.436. The van der Waals surface area contributed by atoms with Gasteiger partial charge in [-0.1, -0.05) is 13.8 Å². The summed E-state index contributed by atoms with van der Waals surface area (Å²) in [7, 11) is 1.65. The third-order valence-electron chi connectivity index (χ3n) is 2.33. The van der Waals surface area contributed by atoms with E-state index in [0.29, 0.717) is 25.3 Å². The smallest absolute Gasteiger partial charge is 0.353 e. The summed E-state index contributed by atoms with van der Waals surface area (Å²) >= 11 is 0. The maximum absolute atomic E-state index is 11.0. The molecule has 0 aliphatic rings. The van der Waals surface area contributed by atoms with Crippen LogP contribution in [0.4, 0.5) is 5.69 Å². The van der Waals surface area contributed by atoms with Crippen molar-refractivity contribution in [3.63, 3.8) is 0 Å². The summed E-state index contributed by atoms with van der Waals surface area (Å²) in [6, 6.07) is 0. The predicted molar refractivity (Wildman–Crippen MR) is 63.3 cm³/mol. The van der Waals surface area contributed by atoms with Crippen LogP contribution in [-0.2, 0) is 13.5 Å². The zero-order valence-electron chi connectivity index (χ0n) is 10.4. The van der Waals surface area contributed by atoms with Crippen LogP contribution in [-0.4, -0.2) is 34.4 Å². The van der Waals surface area contributed by atoms with Crippen LogP contribution in [0.1, 0.15) is 19.5 Å². The fraction of sp³-hybridized carbons (Fsp3) is 0.700. The molecule has 1 rings (SSSR count). The largest absolute Gasteiger partial charge is 0.472 e. The lowest BCUT2D eigenvalue weighted by Gasteiger charge is -2.05. The number of aromatic nitrogens is 2. The van der Waals surface area contributed by atoms with Crippen molar-refractivity contribution < 1.29 is 9.66 Å². The van der Waals surface area contributed by atoms with Crippen LogP contribution in [0.2, 0.25) is 0 Å². The standard InChI is InChI=1S/C10H18N4O3/c1-4-8-9(14(15)16)10(13(3)12-8)17-7-6-11-5-2/h11H,4-7H2,1-3H3.